The number of esters is 1. The number of ether oxygens (including phenoxy) is 3. The summed E-state index contributed by atoms with van der Waals surface area (Å²) in [5.74, 6) is 0.129. The molecule has 1 unspecified atom stereocenters. The Bertz CT molecular complexity index is 1520. The average molecular weight is 685 g/mol. The summed E-state index contributed by atoms with van der Waals surface area (Å²) >= 11 is 17.1. The van der Waals surface area contributed by atoms with Crippen LogP contribution in [-0.2, 0) is 31.8 Å². The maximum absolute atomic E-state index is 13.1. The summed E-state index contributed by atoms with van der Waals surface area (Å²) in [5.41, 5.74) is 0.410. The topological polar surface area (TPSA) is 137 Å². The van der Waals surface area contributed by atoms with Crippen molar-refractivity contribution < 1.29 is 33.0 Å². The number of halogens is 3. The Morgan fingerprint density at radius 3 is 2.42 bits per heavy atom. The van der Waals surface area contributed by atoms with Crippen LogP contribution in [0.25, 0.3) is 11.0 Å². The highest BCUT2D eigenvalue weighted by atomic mass is 35.6. The van der Waals surface area contributed by atoms with Crippen molar-refractivity contribution in [3.63, 3.8) is 0 Å². The fourth-order valence-electron chi connectivity index (χ4n) is 4.09. The van der Waals surface area contributed by atoms with Gasteiger partial charge in [-0.2, -0.15) is 0 Å². The number of anilines is 1. The molecule has 11 nitrogen and oxygen atoms in total. The Labute approximate surface area is 276 Å². The van der Waals surface area contributed by atoms with Gasteiger partial charge in [-0.25, -0.2) is 19.4 Å². The summed E-state index contributed by atoms with van der Waals surface area (Å²) in [7, 11) is 0. The highest BCUT2D eigenvalue weighted by molar-refractivity contribution is 6.67. The van der Waals surface area contributed by atoms with Gasteiger partial charge in [0, 0.05) is 31.6 Å². The van der Waals surface area contributed by atoms with Crippen molar-refractivity contribution in [1.82, 2.24) is 10.3 Å². The number of rotatable bonds is 12. The van der Waals surface area contributed by atoms with Crippen LogP contribution in [0.4, 0.5) is 15.4 Å². The Morgan fingerprint density at radius 1 is 1.02 bits per heavy atom. The van der Waals surface area contributed by atoms with Gasteiger partial charge in [0.25, 0.3) is 0 Å². The predicted molar refractivity (Wildman–Crippen MR) is 172 cm³/mol. The summed E-state index contributed by atoms with van der Waals surface area (Å²) in [6.07, 6.45) is 0.825. The van der Waals surface area contributed by atoms with Crippen LogP contribution in [0.2, 0.25) is 0 Å². The third kappa shape index (κ3) is 12.1. The van der Waals surface area contributed by atoms with Crippen molar-refractivity contribution in [1.29, 1.82) is 0 Å². The van der Waals surface area contributed by atoms with Crippen molar-refractivity contribution in [2.75, 3.05) is 31.3 Å². The van der Waals surface area contributed by atoms with Gasteiger partial charge in [0.1, 0.15) is 29.8 Å². The van der Waals surface area contributed by atoms with Gasteiger partial charge in [0.05, 0.1) is 18.6 Å². The zero-order valence-electron chi connectivity index (χ0n) is 25.4. The van der Waals surface area contributed by atoms with Crippen LogP contribution < -0.4 is 15.6 Å². The van der Waals surface area contributed by atoms with E-state index in [1.165, 1.54) is 17.2 Å². The van der Waals surface area contributed by atoms with Gasteiger partial charge < -0.3 is 23.9 Å². The SMILES string of the molecule is CCOC(=O)C(Cc1ccc2oc(CCCN(C(=O)OCC(Cl)(Cl)Cl)c3ccccn3)cc(=O)c2c1)NC(=O)OCC(C)(C)C. The van der Waals surface area contributed by atoms with E-state index in [9.17, 15) is 19.2 Å². The van der Waals surface area contributed by atoms with E-state index in [4.69, 9.17) is 53.4 Å². The second-order valence-corrected chi connectivity index (χ2v) is 13.8. The number of amides is 2. The van der Waals surface area contributed by atoms with E-state index in [0.717, 1.165) is 0 Å². The van der Waals surface area contributed by atoms with Crippen molar-refractivity contribution in [3.8, 4) is 0 Å². The van der Waals surface area contributed by atoms with Crippen LogP contribution in [0.3, 0.4) is 0 Å². The summed E-state index contributed by atoms with van der Waals surface area (Å²) in [6.45, 7) is 7.44. The molecule has 2 aromatic heterocycles. The largest absolute Gasteiger partial charge is 0.464 e. The number of carbonyl (C=O) groups is 3. The molecule has 0 bridgehead atoms. The molecule has 0 radical (unpaired) electrons. The van der Waals surface area contributed by atoms with Gasteiger partial charge in [0.2, 0.25) is 3.79 Å². The van der Waals surface area contributed by atoms with E-state index in [2.05, 4.69) is 10.3 Å². The Kier molecular flexibility index (Phi) is 12.9. The van der Waals surface area contributed by atoms with Crippen molar-refractivity contribution in [3.05, 3.63) is 70.2 Å². The summed E-state index contributed by atoms with van der Waals surface area (Å²) in [6, 6.07) is 10.4. The highest BCUT2D eigenvalue weighted by Crippen LogP contribution is 2.26. The molecule has 0 aliphatic rings. The van der Waals surface area contributed by atoms with Crippen LogP contribution in [0.1, 0.15) is 45.4 Å². The number of hydrogen-bond donors (Lipinski definition) is 1. The van der Waals surface area contributed by atoms with Crippen LogP contribution in [-0.4, -0.2) is 59.3 Å². The lowest BCUT2D eigenvalue weighted by Gasteiger charge is -2.22. The lowest BCUT2D eigenvalue weighted by molar-refractivity contribution is -0.145. The number of hydrogen-bond acceptors (Lipinski definition) is 9. The minimum Gasteiger partial charge on any atom is -0.464 e. The number of nitrogens with one attached hydrogen (secondary N) is 1. The molecule has 0 aliphatic carbocycles. The third-order valence-electron chi connectivity index (χ3n) is 6.09. The van der Waals surface area contributed by atoms with E-state index < -0.39 is 34.6 Å². The van der Waals surface area contributed by atoms with Crippen molar-refractivity contribution in [2.45, 2.75) is 56.8 Å². The van der Waals surface area contributed by atoms with Crippen LogP contribution in [0.15, 0.2) is 57.9 Å². The molecule has 14 heteroatoms. The van der Waals surface area contributed by atoms with E-state index in [0.29, 0.717) is 41.0 Å². The zero-order chi connectivity index (χ0) is 33.2. The molecule has 3 aromatic rings. The second-order valence-electron chi connectivity index (χ2n) is 11.3. The van der Waals surface area contributed by atoms with Gasteiger partial charge in [-0.05, 0) is 48.6 Å². The molecule has 2 heterocycles. The van der Waals surface area contributed by atoms with Gasteiger partial charge in [0.15, 0.2) is 5.43 Å². The number of aryl methyl sites for hydroxylation is 1. The minimum absolute atomic E-state index is 0.0678. The minimum atomic E-state index is -1.77. The van der Waals surface area contributed by atoms with Gasteiger partial charge in [-0.1, -0.05) is 67.7 Å². The number of alkyl carbamates (subject to hydrolysis) is 1. The molecule has 0 fully saturated rings. The molecule has 244 valence electrons. The standard InChI is InChI=1S/C31H36Cl3N3O8/c1-5-42-27(39)23(36-28(40)43-18-30(2,3)4)16-20-11-12-25-22(15-20)24(38)17-21(45-25)9-8-14-37(26-10-6-7-13-35-26)29(41)44-19-31(32,33)34/h6-7,10-13,15,17,23H,5,8-9,14,16,18-19H2,1-4H3,(H,36,40). The first kappa shape index (κ1) is 35.9. The molecule has 45 heavy (non-hydrogen) atoms. The van der Waals surface area contributed by atoms with Gasteiger partial charge >= 0.3 is 18.2 Å². The van der Waals surface area contributed by atoms with E-state index >= 15 is 0 Å². The first-order valence-electron chi connectivity index (χ1n) is 14.2. The predicted octanol–water partition coefficient (Wildman–Crippen LogP) is 6.38. The molecular weight excluding hydrogens is 649 g/mol. The van der Waals surface area contributed by atoms with E-state index in [1.54, 1.807) is 43.3 Å². The smallest absolute Gasteiger partial charge is 0.415 e. The Balaban J connectivity index is 1.71. The Morgan fingerprint density at radius 2 is 1.78 bits per heavy atom. The molecular formula is C31H36Cl3N3O8. The summed E-state index contributed by atoms with van der Waals surface area (Å²) in [4.78, 5) is 56.3. The normalized spacial score (nSPS) is 12.3. The third-order valence-corrected chi connectivity index (χ3v) is 6.42. The molecule has 0 aliphatic heterocycles. The number of carbonyl (C=O) groups excluding carboxylic acids is 3. The Hall–Kier alpha value is -3.54. The molecule has 0 saturated carbocycles. The monoisotopic (exact) mass is 683 g/mol. The number of nitrogens with zero attached hydrogens (tertiary/aromatic N) is 2. The molecule has 0 spiro atoms. The molecule has 3 rings (SSSR count). The van der Waals surface area contributed by atoms with E-state index in [-0.39, 0.29) is 37.0 Å². The maximum Gasteiger partial charge on any atom is 0.415 e. The number of fused-ring (bicyclic) bond motifs is 1. The zero-order valence-corrected chi connectivity index (χ0v) is 27.7. The average Bonchev–Trinajstić information content (AvgIpc) is 2.97. The first-order valence-corrected chi connectivity index (χ1v) is 15.4. The van der Waals surface area contributed by atoms with Gasteiger partial charge in [-0.3, -0.25) is 9.69 Å². The molecule has 1 atom stereocenters. The lowest BCUT2D eigenvalue weighted by atomic mass is 9.99. The van der Waals surface area contributed by atoms with Crippen LogP contribution in [0, 0.1) is 5.41 Å². The molecule has 2 amide bonds. The van der Waals surface area contributed by atoms with E-state index in [1.807, 2.05) is 20.8 Å². The molecule has 1 aromatic carbocycles. The highest BCUT2D eigenvalue weighted by Gasteiger charge is 2.27. The molecule has 0 saturated heterocycles. The van der Waals surface area contributed by atoms with Crippen molar-refractivity contribution >= 4 is 69.7 Å². The lowest BCUT2D eigenvalue weighted by Crippen LogP contribution is -2.44. The fraction of sp³-hybridized carbons (Fsp3) is 0.452. The number of aromatic nitrogens is 1. The first-order chi connectivity index (χ1) is 21.1. The number of benzene rings is 1. The van der Waals surface area contributed by atoms with Crippen LogP contribution in [0.5, 0.6) is 0 Å². The summed E-state index contributed by atoms with van der Waals surface area (Å²) < 4.78 is 19.7. The summed E-state index contributed by atoms with van der Waals surface area (Å²) in [5, 5.41) is 2.87. The van der Waals surface area contributed by atoms with Crippen LogP contribution >= 0.6 is 34.8 Å². The molecule has 1 N–H and O–H groups in total. The number of alkyl halides is 3. The second kappa shape index (κ2) is 16.1. The number of pyridine rings is 1. The fourth-order valence-corrected chi connectivity index (χ4v) is 4.25. The maximum atomic E-state index is 13.1. The quantitative estimate of drug-likeness (QED) is 0.131. The van der Waals surface area contributed by atoms with Crippen molar-refractivity contribution in [2.24, 2.45) is 5.41 Å². The van der Waals surface area contributed by atoms with Gasteiger partial charge in [-0.15, -0.1) is 0 Å².